The Hall–Kier alpha value is -2.28. The van der Waals surface area contributed by atoms with Gasteiger partial charge in [0.2, 0.25) is 5.75 Å². The molecule has 0 saturated carbocycles. The molecule has 1 N–H and O–H groups in total. The molecule has 7 nitrogen and oxygen atoms in total. The van der Waals surface area contributed by atoms with E-state index in [1.54, 1.807) is 0 Å². The second-order valence-electron chi connectivity index (χ2n) is 3.89. The van der Waals surface area contributed by atoms with Gasteiger partial charge in [0.1, 0.15) is 10.4 Å². The fourth-order valence-electron chi connectivity index (χ4n) is 2.00. The summed E-state index contributed by atoms with van der Waals surface area (Å²) in [6.07, 6.45) is 0. The lowest BCUT2D eigenvalue weighted by molar-refractivity contribution is 0.0563. The number of ether oxygens (including phenoxy) is 4. The number of furan rings is 1. The number of esters is 1. The van der Waals surface area contributed by atoms with E-state index in [4.69, 9.17) is 30.2 Å². The summed E-state index contributed by atoms with van der Waals surface area (Å²) in [5.74, 6) is -1.22. The fourth-order valence-corrected chi connectivity index (χ4v) is 2.30. The molecule has 8 heteroatoms. The van der Waals surface area contributed by atoms with Gasteiger partial charge in [0.15, 0.2) is 22.8 Å². The molecule has 0 radical (unpaired) electrons. The molecule has 0 aliphatic carbocycles. The molecule has 1 aromatic carbocycles. The second kappa shape index (κ2) is 5.61. The quantitative estimate of drug-likeness (QED) is 0.867. The van der Waals surface area contributed by atoms with Crippen molar-refractivity contribution < 1.29 is 33.3 Å². The minimum Gasteiger partial charge on any atom is -0.503 e. The highest BCUT2D eigenvalue weighted by Gasteiger charge is 2.31. The molecular weight excluding hydrogens is 304 g/mol. The van der Waals surface area contributed by atoms with Gasteiger partial charge in [-0.3, -0.25) is 0 Å². The van der Waals surface area contributed by atoms with Crippen LogP contribution in [0.15, 0.2) is 4.42 Å². The number of benzene rings is 1. The number of methoxy groups -OCH3 is 4. The molecule has 0 aliphatic rings. The van der Waals surface area contributed by atoms with Gasteiger partial charge in [-0.05, 0) is 0 Å². The number of halogens is 1. The largest absolute Gasteiger partial charge is 0.503 e. The van der Waals surface area contributed by atoms with Crippen LogP contribution in [0.4, 0.5) is 0 Å². The smallest absolute Gasteiger partial charge is 0.377 e. The van der Waals surface area contributed by atoms with Crippen molar-refractivity contribution in [2.45, 2.75) is 0 Å². The Balaban J connectivity index is 2.95. The summed E-state index contributed by atoms with van der Waals surface area (Å²) in [6, 6.07) is 0. The van der Waals surface area contributed by atoms with E-state index in [0.29, 0.717) is 0 Å². The van der Waals surface area contributed by atoms with Crippen molar-refractivity contribution in [3.63, 3.8) is 0 Å². The van der Waals surface area contributed by atoms with Gasteiger partial charge in [-0.25, -0.2) is 4.79 Å². The molecule has 0 aliphatic heterocycles. The lowest BCUT2D eigenvalue weighted by atomic mass is 10.2. The van der Waals surface area contributed by atoms with Crippen molar-refractivity contribution in [1.82, 2.24) is 0 Å². The number of carbonyl (C=O) groups is 1. The highest BCUT2D eigenvalue weighted by atomic mass is 35.5. The van der Waals surface area contributed by atoms with Gasteiger partial charge >= 0.3 is 5.97 Å². The Morgan fingerprint density at radius 1 is 1.05 bits per heavy atom. The van der Waals surface area contributed by atoms with Crippen LogP contribution in [0, 0.1) is 0 Å². The Bertz CT molecular complexity index is 705. The van der Waals surface area contributed by atoms with E-state index in [0.717, 1.165) is 7.11 Å². The molecule has 0 unspecified atom stereocenters. The Morgan fingerprint density at radius 2 is 1.62 bits per heavy atom. The minimum absolute atomic E-state index is 0.0315. The van der Waals surface area contributed by atoms with Crippen molar-refractivity contribution in [3.05, 3.63) is 10.8 Å². The molecule has 0 bridgehead atoms. The van der Waals surface area contributed by atoms with E-state index in [9.17, 15) is 9.90 Å². The zero-order valence-electron chi connectivity index (χ0n) is 11.8. The summed E-state index contributed by atoms with van der Waals surface area (Å²) in [5, 5.41) is 10.3. The monoisotopic (exact) mass is 316 g/mol. The molecular formula is C13H13ClO7. The summed E-state index contributed by atoms with van der Waals surface area (Å²) in [4.78, 5) is 11.6. The van der Waals surface area contributed by atoms with Gasteiger partial charge in [0.05, 0.1) is 28.4 Å². The van der Waals surface area contributed by atoms with Crippen LogP contribution in [-0.2, 0) is 4.74 Å². The minimum atomic E-state index is -0.847. The van der Waals surface area contributed by atoms with Crippen LogP contribution in [0.25, 0.3) is 11.0 Å². The third-order valence-electron chi connectivity index (χ3n) is 2.90. The second-order valence-corrected chi connectivity index (χ2v) is 4.27. The van der Waals surface area contributed by atoms with Crippen LogP contribution in [0.1, 0.15) is 10.6 Å². The first-order valence-corrected chi connectivity index (χ1v) is 6.10. The summed E-state index contributed by atoms with van der Waals surface area (Å²) < 4.78 is 25.4. The maximum atomic E-state index is 11.6. The molecule has 1 aromatic heterocycles. The molecule has 0 saturated heterocycles. The zero-order valence-corrected chi connectivity index (χ0v) is 12.5. The highest BCUT2D eigenvalue weighted by molar-refractivity contribution is 6.37. The van der Waals surface area contributed by atoms with Crippen LogP contribution >= 0.6 is 11.6 Å². The maximum absolute atomic E-state index is 11.6. The first-order valence-electron chi connectivity index (χ1n) is 5.72. The molecule has 2 aromatic rings. The van der Waals surface area contributed by atoms with Gasteiger partial charge < -0.3 is 28.5 Å². The average Bonchev–Trinajstić information content (AvgIpc) is 2.84. The summed E-state index contributed by atoms with van der Waals surface area (Å²) in [6.45, 7) is 0. The van der Waals surface area contributed by atoms with Crippen molar-refractivity contribution in [2.24, 2.45) is 0 Å². The molecule has 1 heterocycles. The van der Waals surface area contributed by atoms with Gasteiger partial charge in [-0.1, -0.05) is 11.6 Å². The number of fused-ring (bicyclic) bond motifs is 1. The third-order valence-corrected chi connectivity index (χ3v) is 3.25. The number of hydrogen-bond acceptors (Lipinski definition) is 7. The molecule has 0 amide bonds. The van der Waals surface area contributed by atoms with Crippen molar-refractivity contribution in [1.29, 1.82) is 0 Å². The summed E-state index contributed by atoms with van der Waals surface area (Å²) in [5.41, 5.74) is 0.0315. The van der Waals surface area contributed by atoms with E-state index in [-0.39, 0.29) is 39.0 Å². The topological polar surface area (TPSA) is 87.4 Å². The zero-order chi connectivity index (χ0) is 15.7. The fraction of sp³-hybridized carbons (Fsp3) is 0.308. The van der Waals surface area contributed by atoms with Gasteiger partial charge in [-0.15, -0.1) is 0 Å². The van der Waals surface area contributed by atoms with Crippen molar-refractivity contribution >= 4 is 28.5 Å². The van der Waals surface area contributed by atoms with Crippen LogP contribution < -0.4 is 14.2 Å². The molecule has 114 valence electrons. The number of carbonyl (C=O) groups excluding carboxylic acids is 1. The third kappa shape index (κ3) is 2.09. The summed E-state index contributed by atoms with van der Waals surface area (Å²) in [7, 11) is 5.31. The SMILES string of the molecule is COC(=O)c1oc2c(Cl)c(OC)c(OC)c(OC)c2c1O. The normalized spacial score (nSPS) is 10.5. The van der Waals surface area contributed by atoms with E-state index in [1.165, 1.54) is 21.3 Å². The Labute approximate surface area is 124 Å². The van der Waals surface area contributed by atoms with Crippen molar-refractivity contribution in [3.8, 4) is 23.0 Å². The lowest BCUT2D eigenvalue weighted by Crippen LogP contribution is -1.99. The molecule has 21 heavy (non-hydrogen) atoms. The molecule has 0 fully saturated rings. The van der Waals surface area contributed by atoms with E-state index >= 15 is 0 Å². The van der Waals surface area contributed by atoms with Crippen LogP contribution in [0.3, 0.4) is 0 Å². The first kappa shape index (κ1) is 15.1. The lowest BCUT2D eigenvalue weighted by Gasteiger charge is -2.14. The average molecular weight is 317 g/mol. The molecule has 2 rings (SSSR count). The standard InChI is InChI=1S/C13H13ClO7/c1-17-9-5-7(15)11(13(16)20-4)21-8(5)6(14)10(18-2)12(9)19-3/h15H,1-4H3. The number of hydrogen-bond donors (Lipinski definition) is 1. The van der Waals surface area contributed by atoms with Crippen molar-refractivity contribution in [2.75, 3.05) is 28.4 Å². The number of aromatic hydroxyl groups is 1. The van der Waals surface area contributed by atoms with Crippen LogP contribution in [0.2, 0.25) is 5.02 Å². The highest BCUT2D eigenvalue weighted by Crippen LogP contribution is 2.53. The first-order chi connectivity index (χ1) is 10.0. The van der Waals surface area contributed by atoms with E-state index in [2.05, 4.69) is 4.74 Å². The summed E-state index contributed by atoms with van der Waals surface area (Å²) >= 11 is 6.17. The maximum Gasteiger partial charge on any atom is 0.377 e. The Kier molecular flexibility index (Phi) is 4.04. The predicted octanol–water partition coefficient (Wildman–Crippen LogP) is 2.60. The van der Waals surface area contributed by atoms with Gasteiger partial charge in [0.25, 0.3) is 5.76 Å². The Morgan fingerprint density at radius 3 is 2.10 bits per heavy atom. The van der Waals surface area contributed by atoms with E-state index < -0.39 is 11.7 Å². The number of rotatable bonds is 4. The van der Waals surface area contributed by atoms with Gasteiger partial charge in [-0.2, -0.15) is 0 Å². The van der Waals surface area contributed by atoms with Crippen LogP contribution in [-0.4, -0.2) is 39.5 Å². The van der Waals surface area contributed by atoms with Crippen LogP contribution in [0.5, 0.6) is 23.0 Å². The predicted molar refractivity (Wildman–Crippen MR) is 73.9 cm³/mol. The molecule has 0 spiro atoms. The molecule has 0 atom stereocenters. The van der Waals surface area contributed by atoms with Gasteiger partial charge in [0, 0.05) is 0 Å². The van der Waals surface area contributed by atoms with E-state index in [1.807, 2.05) is 0 Å².